The Kier molecular flexibility index (Phi) is 3.46. The van der Waals surface area contributed by atoms with Crippen LogP contribution in [0.25, 0.3) is 10.9 Å². The predicted octanol–water partition coefficient (Wildman–Crippen LogP) is 2.88. The molecule has 1 fully saturated rings. The van der Waals surface area contributed by atoms with Crippen molar-refractivity contribution in [3.63, 3.8) is 0 Å². The Morgan fingerprint density at radius 2 is 1.94 bits per heavy atom. The number of hydrogen-bond acceptors (Lipinski definition) is 2. The normalized spacial score (nSPS) is 17.2. The summed E-state index contributed by atoms with van der Waals surface area (Å²) in [4.78, 5) is 0. The van der Waals surface area contributed by atoms with E-state index >= 15 is 0 Å². The summed E-state index contributed by atoms with van der Waals surface area (Å²) in [5.74, 6) is 0.589. The van der Waals surface area contributed by atoms with E-state index in [0.29, 0.717) is 5.92 Å². The zero-order valence-corrected chi connectivity index (χ0v) is 9.80. The minimum absolute atomic E-state index is 0. The van der Waals surface area contributed by atoms with Crippen molar-refractivity contribution in [2.75, 3.05) is 13.2 Å². The molecule has 16 heavy (non-hydrogen) atoms. The lowest BCUT2D eigenvalue weighted by Gasteiger charge is -2.20. The number of nitrogens with one attached hydrogen (secondary N) is 1. The third-order valence-electron chi connectivity index (χ3n) is 3.12. The van der Waals surface area contributed by atoms with E-state index in [2.05, 4.69) is 28.4 Å². The molecular weight excluding hydrogens is 224 g/mol. The van der Waals surface area contributed by atoms with E-state index in [0.717, 1.165) is 31.6 Å². The van der Waals surface area contributed by atoms with Crippen LogP contribution in [0.1, 0.15) is 24.5 Å². The number of nitrogens with zero attached hydrogens (tertiary/aromatic N) is 1. The van der Waals surface area contributed by atoms with Gasteiger partial charge in [-0.15, -0.1) is 12.4 Å². The summed E-state index contributed by atoms with van der Waals surface area (Å²) in [5.41, 5.74) is 2.35. The van der Waals surface area contributed by atoms with Crippen molar-refractivity contribution in [3.8, 4) is 0 Å². The SMILES string of the molecule is Cl.c1ccc2c(C3CCOCC3)[nH]nc2c1. The highest BCUT2D eigenvalue weighted by atomic mass is 35.5. The molecule has 0 bridgehead atoms. The highest BCUT2D eigenvalue weighted by Crippen LogP contribution is 2.30. The smallest absolute Gasteiger partial charge is 0.0923 e. The lowest BCUT2D eigenvalue weighted by molar-refractivity contribution is 0.0847. The van der Waals surface area contributed by atoms with E-state index in [1.807, 2.05) is 6.07 Å². The number of fused-ring (bicyclic) bond motifs is 1. The van der Waals surface area contributed by atoms with Crippen LogP contribution >= 0.6 is 12.4 Å². The first-order chi connectivity index (χ1) is 7.45. The number of aromatic amines is 1. The molecule has 0 unspecified atom stereocenters. The van der Waals surface area contributed by atoms with Gasteiger partial charge in [-0.2, -0.15) is 5.10 Å². The third-order valence-corrected chi connectivity index (χ3v) is 3.12. The van der Waals surface area contributed by atoms with Crippen molar-refractivity contribution >= 4 is 23.3 Å². The molecule has 4 heteroatoms. The van der Waals surface area contributed by atoms with E-state index in [4.69, 9.17) is 4.74 Å². The van der Waals surface area contributed by atoms with Crippen molar-refractivity contribution in [2.45, 2.75) is 18.8 Å². The van der Waals surface area contributed by atoms with E-state index in [-0.39, 0.29) is 12.4 Å². The number of aromatic nitrogens is 2. The van der Waals surface area contributed by atoms with Gasteiger partial charge >= 0.3 is 0 Å². The Hall–Kier alpha value is -1.06. The van der Waals surface area contributed by atoms with Crippen LogP contribution in [0.15, 0.2) is 24.3 Å². The van der Waals surface area contributed by atoms with Crippen molar-refractivity contribution in [2.24, 2.45) is 0 Å². The largest absolute Gasteiger partial charge is 0.381 e. The number of rotatable bonds is 1. The first kappa shape index (κ1) is 11.4. The van der Waals surface area contributed by atoms with Crippen LogP contribution in [0, 0.1) is 0 Å². The summed E-state index contributed by atoms with van der Waals surface area (Å²) in [6.07, 6.45) is 2.21. The average Bonchev–Trinajstić information content (AvgIpc) is 2.74. The maximum Gasteiger partial charge on any atom is 0.0923 e. The minimum Gasteiger partial charge on any atom is -0.381 e. The molecule has 3 nitrogen and oxygen atoms in total. The van der Waals surface area contributed by atoms with Crippen molar-refractivity contribution in [1.82, 2.24) is 10.2 Å². The van der Waals surface area contributed by atoms with Crippen LogP contribution < -0.4 is 0 Å². The molecule has 0 radical (unpaired) electrons. The summed E-state index contributed by atoms with van der Waals surface area (Å²) >= 11 is 0. The van der Waals surface area contributed by atoms with Gasteiger partial charge < -0.3 is 4.74 Å². The summed E-state index contributed by atoms with van der Waals surface area (Å²) < 4.78 is 5.38. The van der Waals surface area contributed by atoms with Gasteiger partial charge in [0.1, 0.15) is 0 Å². The molecule has 1 saturated heterocycles. The third kappa shape index (κ3) is 1.93. The summed E-state index contributed by atoms with van der Waals surface area (Å²) in [7, 11) is 0. The van der Waals surface area contributed by atoms with Crippen LogP contribution in [-0.2, 0) is 4.74 Å². The molecule has 1 aromatic carbocycles. The Morgan fingerprint density at radius 3 is 2.75 bits per heavy atom. The molecule has 1 aromatic heterocycles. The molecular formula is C12H15ClN2O. The number of H-pyrrole nitrogens is 1. The van der Waals surface area contributed by atoms with E-state index in [1.165, 1.54) is 11.1 Å². The molecule has 3 rings (SSSR count). The van der Waals surface area contributed by atoms with Gasteiger partial charge in [-0.3, -0.25) is 5.10 Å². The lowest BCUT2D eigenvalue weighted by Crippen LogP contribution is -2.14. The van der Waals surface area contributed by atoms with Crippen LogP contribution in [-0.4, -0.2) is 23.4 Å². The molecule has 86 valence electrons. The monoisotopic (exact) mass is 238 g/mol. The van der Waals surface area contributed by atoms with Gasteiger partial charge in [-0.25, -0.2) is 0 Å². The number of ether oxygens (including phenoxy) is 1. The van der Waals surface area contributed by atoms with Gasteiger partial charge in [0.15, 0.2) is 0 Å². The van der Waals surface area contributed by atoms with Crippen LogP contribution in [0.4, 0.5) is 0 Å². The van der Waals surface area contributed by atoms with Crippen LogP contribution in [0.3, 0.4) is 0 Å². The molecule has 1 aliphatic rings. The molecule has 0 aliphatic carbocycles. The second-order valence-corrected chi connectivity index (χ2v) is 4.04. The van der Waals surface area contributed by atoms with Crippen molar-refractivity contribution in [1.29, 1.82) is 0 Å². The van der Waals surface area contributed by atoms with Gasteiger partial charge in [0, 0.05) is 30.2 Å². The maximum absolute atomic E-state index is 5.38. The van der Waals surface area contributed by atoms with E-state index in [1.54, 1.807) is 0 Å². The quantitative estimate of drug-likeness (QED) is 0.830. The number of benzene rings is 1. The summed E-state index contributed by atoms with van der Waals surface area (Å²) in [6, 6.07) is 8.29. The zero-order valence-electron chi connectivity index (χ0n) is 8.98. The second-order valence-electron chi connectivity index (χ2n) is 4.04. The van der Waals surface area contributed by atoms with E-state index < -0.39 is 0 Å². The minimum atomic E-state index is 0. The maximum atomic E-state index is 5.38. The zero-order chi connectivity index (χ0) is 10.1. The van der Waals surface area contributed by atoms with Crippen molar-refractivity contribution in [3.05, 3.63) is 30.0 Å². The first-order valence-corrected chi connectivity index (χ1v) is 5.46. The fourth-order valence-corrected chi connectivity index (χ4v) is 2.28. The number of hydrogen-bond donors (Lipinski definition) is 1. The molecule has 2 heterocycles. The molecule has 2 aromatic rings. The molecule has 0 spiro atoms. The molecule has 0 saturated carbocycles. The van der Waals surface area contributed by atoms with Gasteiger partial charge in [0.05, 0.1) is 5.52 Å². The molecule has 0 atom stereocenters. The Morgan fingerprint density at radius 1 is 1.19 bits per heavy atom. The van der Waals surface area contributed by atoms with Crippen LogP contribution in [0.5, 0.6) is 0 Å². The van der Waals surface area contributed by atoms with Gasteiger partial charge in [-0.05, 0) is 18.9 Å². The topological polar surface area (TPSA) is 37.9 Å². The van der Waals surface area contributed by atoms with Gasteiger partial charge in [0.2, 0.25) is 0 Å². The van der Waals surface area contributed by atoms with Crippen LogP contribution in [0.2, 0.25) is 0 Å². The Balaban J connectivity index is 0.000000963. The highest BCUT2D eigenvalue weighted by molar-refractivity contribution is 5.85. The standard InChI is InChI=1S/C12H14N2O.ClH/c1-2-4-11-10(3-1)12(14-13-11)9-5-7-15-8-6-9;/h1-4,9H,5-8H2,(H,13,14);1H. The lowest BCUT2D eigenvalue weighted by atomic mass is 9.94. The average molecular weight is 239 g/mol. The van der Waals surface area contributed by atoms with Gasteiger partial charge in [0.25, 0.3) is 0 Å². The highest BCUT2D eigenvalue weighted by Gasteiger charge is 2.19. The van der Waals surface area contributed by atoms with Crippen molar-refractivity contribution < 1.29 is 4.74 Å². The molecule has 1 aliphatic heterocycles. The van der Waals surface area contributed by atoms with Gasteiger partial charge in [-0.1, -0.05) is 18.2 Å². The fraction of sp³-hybridized carbons (Fsp3) is 0.417. The summed E-state index contributed by atoms with van der Waals surface area (Å²) in [5, 5.41) is 8.77. The Bertz CT molecular complexity index is 463. The first-order valence-electron chi connectivity index (χ1n) is 5.46. The fourth-order valence-electron chi connectivity index (χ4n) is 2.28. The predicted molar refractivity (Wildman–Crippen MR) is 66.1 cm³/mol. The van der Waals surface area contributed by atoms with E-state index in [9.17, 15) is 0 Å². The molecule has 1 N–H and O–H groups in total. The number of para-hydroxylation sites is 1. The second kappa shape index (κ2) is 4.85. The Labute approximate surface area is 101 Å². The number of halogens is 1. The summed E-state index contributed by atoms with van der Waals surface area (Å²) in [6.45, 7) is 1.75. The molecule has 0 amide bonds.